The van der Waals surface area contributed by atoms with Gasteiger partial charge in [-0.25, -0.2) is 0 Å². The van der Waals surface area contributed by atoms with Gasteiger partial charge < -0.3 is 30.6 Å². The molecule has 0 aromatic heterocycles. The molecule has 12 heteroatoms. The summed E-state index contributed by atoms with van der Waals surface area (Å²) in [6, 6.07) is 27.5. The molecule has 0 aliphatic heterocycles. The molecule has 0 saturated heterocycles. The van der Waals surface area contributed by atoms with Crippen LogP contribution in [0.3, 0.4) is 0 Å². The van der Waals surface area contributed by atoms with Crippen LogP contribution >= 0.6 is 0 Å². The molecule has 4 aromatic carbocycles. The summed E-state index contributed by atoms with van der Waals surface area (Å²) in [5, 5.41) is 75.7. The Bertz CT molecular complexity index is 2110. The Hall–Kier alpha value is -4.25. The van der Waals surface area contributed by atoms with Crippen LogP contribution < -0.4 is 0 Å². The minimum Gasteiger partial charge on any atom is -0.386 e. The van der Waals surface area contributed by atoms with Crippen LogP contribution in [0, 0.1) is 0 Å². The van der Waals surface area contributed by atoms with Crippen molar-refractivity contribution in [2.75, 3.05) is 0 Å². The molecule has 0 bridgehead atoms. The van der Waals surface area contributed by atoms with Crippen molar-refractivity contribution in [3.63, 3.8) is 0 Å². The molecule has 0 amide bonds. The van der Waals surface area contributed by atoms with Crippen molar-refractivity contribution in [2.45, 2.75) is 111 Å². The van der Waals surface area contributed by atoms with Gasteiger partial charge in [0.2, 0.25) is 23.0 Å². The Balaban J connectivity index is 2.28. The molecule has 0 radical (unpaired) electrons. The summed E-state index contributed by atoms with van der Waals surface area (Å²) >= 11 is 0. The third-order valence-corrected chi connectivity index (χ3v) is 26.7. The molecule has 1 aliphatic carbocycles. The summed E-state index contributed by atoms with van der Waals surface area (Å²) in [4.78, 5) is 63.3. The van der Waals surface area contributed by atoms with E-state index in [0.717, 1.165) is 0 Å². The summed E-state index contributed by atoms with van der Waals surface area (Å²) in [5.74, 6) is -6.28. The fourth-order valence-electron chi connectivity index (χ4n) is 8.97. The largest absolute Gasteiger partial charge is 0.386 e. The van der Waals surface area contributed by atoms with E-state index >= 15 is 19.2 Å². The first-order chi connectivity index (χ1) is 26.6. The summed E-state index contributed by atoms with van der Waals surface area (Å²) in [6.45, 7) is 15.7. The van der Waals surface area contributed by atoms with E-state index in [2.05, 4.69) is 0 Å². The van der Waals surface area contributed by atoms with Crippen LogP contribution in [0.25, 0.3) is 0 Å². The van der Waals surface area contributed by atoms with E-state index in [9.17, 15) is 30.6 Å². The predicted octanol–water partition coefficient (Wildman–Crippen LogP) is 6.01. The molecule has 4 atom stereocenters. The van der Waals surface area contributed by atoms with Gasteiger partial charge in [-0.2, -0.15) is 0 Å². The van der Waals surface area contributed by atoms with Crippen LogP contribution in [0.1, 0.15) is 83.0 Å². The molecule has 0 unspecified atom stereocenters. The first-order valence-electron chi connectivity index (χ1n) is 19.3. The maximum Gasteiger partial charge on any atom is 0.205 e. The van der Waals surface area contributed by atoms with Crippen LogP contribution in [0.4, 0.5) is 0 Å². The summed E-state index contributed by atoms with van der Waals surface area (Å²) in [7, 11) is -8.98. The van der Waals surface area contributed by atoms with E-state index in [0.29, 0.717) is 0 Å². The van der Waals surface area contributed by atoms with Crippen LogP contribution in [0.15, 0.2) is 121 Å². The highest BCUT2D eigenvalue weighted by Gasteiger charge is 2.99. The van der Waals surface area contributed by atoms with Crippen LogP contribution in [0.2, 0.25) is 36.3 Å². The van der Waals surface area contributed by atoms with Gasteiger partial charge in [-0.15, -0.1) is 0 Å². The molecule has 4 aromatic rings. The predicted molar refractivity (Wildman–Crippen MR) is 227 cm³/mol. The molecule has 1 saturated carbocycles. The highest BCUT2D eigenvalue weighted by molar-refractivity contribution is 6.87. The molecule has 6 N–H and O–H groups in total. The fraction of sp³-hybridized carbons (Fsp3) is 0.391. The Morgan fingerprint density at radius 1 is 0.362 bits per heavy atom. The molecular formula is C46H56O10Si2. The number of Topliss-reactive ketones (excluding diaryl/α,β-unsaturated/α-hetero) is 4. The number of hydrogen-bond acceptors (Lipinski definition) is 10. The zero-order valence-electron chi connectivity index (χ0n) is 34.9. The van der Waals surface area contributed by atoms with E-state index in [4.69, 9.17) is 0 Å². The van der Waals surface area contributed by atoms with Crippen LogP contribution in [0.5, 0.6) is 0 Å². The minimum absolute atomic E-state index is 0.330. The maximum atomic E-state index is 15.9. The Labute approximate surface area is 342 Å². The second-order valence-electron chi connectivity index (χ2n) is 18.8. The first-order valence-corrected chi connectivity index (χ1v) is 25.3. The Kier molecular flexibility index (Phi) is 11.0. The van der Waals surface area contributed by atoms with Crippen molar-refractivity contribution >= 4 is 39.3 Å². The number of carbonyl (C=O) groups excluding carboxylic acids is 4. The van der Waals surface area contributed by atoms with E-state index < -0.39 is 98.9 Å². The molecule has 1 aliphatic rings. The van der Waals surface area contributed by atoms with Crippen molar-refractivity contribution in [2.24, 2.45) is 0 Å². The standard InChI is InChI=1S/C46H56O10Si2/c1-39(2,3)57(7,8)45(55)42(52,36(48)32-25-17-12-18-26-32)41(51,35(47)31-23-15-11-16-24-31)43(53,37(49)33-27-19-13-20-28-33)46(56,58(9,10)40(4,5)6)44(45,54)38(50)34-29-21-14-22-30-34/h11-30,51-56H,1-10H3/t41?,42-,43-,44?,45-,46-/m0/s1. The lowest BCUT2D eigenvalue weighted by Gasteiger charge is -2.76. The smallest absolute Gasteiger partial charge is 0.205 e. The molecular weight excluding hydrogens is 769 g/mol. The molecule has 0 spiro atoms. The maximum absolute atomic E-state index is 15.9. The molecule has 1 fully saturated rings. The third kappa shape index (κ3) is 5.36. The number of carbonyl (C=O) groups is 4. The van der Waals surface area contributed by atoms with E-state index in [1.54, 1.807) is 65.8 Å². The first kappa shape index (κ1) is 44.8. The number of benzene rings is 4. The number of aliphatic hydroxyl groups is 6. The normalized spacial score (nSPS) is 29.4. The Morgan fingerprint density at radius 3 is 0.759 bits per heavy atom. The van der Waals surface area contributed by atoms with Crippen molar-refractivity contribution in [1.29, 1.82) is 0 Å². The zero-order chi connectivity index (χ0) is 43.8. The molecule has 0 heterocycles. The second kappa shape index (κ2) is 14.2. The number of rotatable bonds is 10. The van der Waals surface area contributed by atoms with Gasteiger partial charge in [0.25, 0.3) is 0 Å². The van der Waals surface area contributed by atoms with Crippen LogP contribution in [-0.2, 0) is 0 Å². The summed E-state index contributed by atoms with van der Waals surface area (Å²) in [5.41, 5.74) is -18.2. The van der Waals surface area contributed by atoms with Gasteiger partial charge in [0.15, 0.2) is 22.6 Å². The third-order valence-electron chi connectivity index (χ3n) is 14.2. The van der Waals surface area contributed by atoms with Crippen LogP contribution in [-0.4, -0.2) is 103 Å². The van der Waals surface area contributed by atoms with Crippen molar-refractivity contribution in [3.8, 4) is 0 Å². The van der Waals surface area contributed by atoms with Gasteiger partial charge in [-0.1, -0.05) is 189 Å². The SMILES string of the molecule is CC(C)(C)[Si](C)(C)[C@]1(O)C(O)(C(=O)c2ccccc2)[C@@](O)([Si](C)(C)C(C)(C)C)[C@](O)(C(=O)c2ccccc2)C(O)(C(=O)c2ccccc2)[C@@]1(O)C(=O)c1ccccc1. The average molecular weight is 825 g/mol. The van der Waals surface area contributed by atoms with Gasteiger partial charge in [0, 0.05) is 22.3 Å². The summed E-state index contributed by atoms with van der Waals surface area (Å²) in [6.07, 6.45) is 0. The quantitative estimate of drug-likeness (QED) is 0.0816. The van der Waals surface area contributed by atoms with Crippen molar-refractivity contribution < 1.29 is 49.8 Å². The Morgan fingerprint density at radius 2 is 0.552 bits per heavy atom. The second-order valence-corrected chi connectivity index (χ2v) is 29.7. The highest BCUT2D eigenvalue weighted by Crippen LogP contribution is 2.70. The topological polar surface area (TPSA) is 190 Å². The highest BCUT2D eigenvalue weighted by atomic mass is 28.3. The lowest BCUT2D eigenvalue weighted by Crippen LogP contribution is -3.06. The number of hydrogen-bond donors (Lipinski definition) is 6. The average Bonchev–Trinajstić information content (AvgIpc) is 3.20. The zero-order valence-corrected chi connectivity index (χ0v) is 36.9. The number of ketones is 4. The van der Waals surface area contributed by atoms with E-state index in [1.807, 2.05) is 0 Å². The summed E-state index contributed by atoms with van der Waals surface area (Å²) < 4.78 is 0. The molecule has 308 valence electrons. The van der Waals surface area contributed by atoms with Crippen molar-refractivity contribution in [1.82, 2.24) is 0 Å². The molecule has 5 rings (SSSR count). The monoisotopic (exact) mass is 824 g/mol. The molecule has 58 heavy (non-hydrogen) atoms. The van der Waals surface area contributed by atoms with Gasteiger partial charge in [0.05, 0.1) is 16.1 Å². The van der Waals surface area contributed by atoms with Crippen molar-refractivity contribution in [3.05, 3.63) is 144 Å². The van der Waals surface area contributed by atoms with Gasteiger partial charge >= 0.3 is 0 Å². The van der Waals surface area contributed by atoms with E-state index in [-0.39, 0.29) is 5.56 Å². The fourth-order valence-corrected chi connectivity index (χ4v) is 16.1. The lowest BCUT2D eigenvalue weighted by atomic mass is 9.48. The van der Waals surface area contributed by atoms with E-state index in [1.165, 1.54) is 123 Å². The lowest BCUT2D eigenvalue weighted by molar-refractivity contribution is -0.347. The van der Waals surface area contributed by atoms with Gasteiger partial charge in [-0.3, -0.25) is 19.2 Å². The minimum atomic E-state index is -4.49. The van der Waals surface area contributed by atoms with Gasteiger partial charge in [0.1, 0.15) is 10.4 Å². The molecule has 10 nitrogen and oxygen atoms in total. The van der Waals surface area contributed by atoms with Gasteiger partial charge in [-0.05, 0) is 10.1 Å².